The number of benzene rings is 1. The molecule has 5 heterocycles. The summed E-state index contributed by atoms with van der Waals surface area (Å²) in [6.07, 6.45) is 3.18. The van der Waals surface area contributed by atoms with Gasteiger partial charge in [0.05, 0.1) is 23.4 Å². The number of hydrogen-bond donors (Lipinski definition) is 2. The zero-order valence-electron chi connectivity index (χ0n) is 17.5. The molecule has 0 spiro atoms. The molecule has 2 aromatic heterocycles. The second kappa shape index (κ2) is 7.22. The fraction of sp³-hybridized carbons (Fsp3) is 0.391. The minimum atomic E-state index is -0.0121. The molecule has 7 heteroatoms. The molecule has 3 fully saturated rings. The molecule has 3 aliphatic heterocycles. The van der Waals surface area contributed by atoms with Gasteiger partial charge in [-0.2, -0.15) is 10.4 Å². The van der Waals surface area contributed by atoms with Crippen molar-refractivity contribution in [3.63, 3.8) is 0 Å². The number of fused-ring (bicyclic) bond motifs is 3. The Labute approximate surface area is 176 Å². The molecule has 7 nitrogen and oxygen atoms in total. The molecule has 30 heavy (non-hydrogen) atoms. The van der Waals surface area contributed by atoms with Crippen LogP contribution in [-0.4, -0.2) is 40.4 Å². The van der Waals surface area contributed by atoms with Gasteiger partial charge >= 0.3 is 0 Å². The highest BCUT2D eigenvalue weighted by Crippen LogP contribution is 2.31. The zero-order chi connectivity index (χ0) is 20.8. The van der Waals surface area contributed by atoms with E-state index in [0.717, 1.165) is 52.3 Å². The number of nitrogens with one attached hydrogen (secondary N) is 2. The van der Waals surface area contributed by atoms with Crippen molar-refractivity contribution in [3.8, 4) is 6.07 Å². The topological polar surface area (TPSA) is 89.8 Å². The highest BCUT2D eigenvalue weighted by Gasteiger charge is 2.36. The van der Waals surface area contributed by atoms with E-state index in [1.54, 1.807) is 0 Å². The van der Waals surface area contributed by atoms with Crippen LogP contribution < -0.4 is 15.5 Å². The first-order valence-corrected chi connectivity index (χ1v) is 10.4. The van der Waals surface area contributed by atoms with Crippen molar-refractivity contribution in [1.29, 1.82) is 5.26 Å². The Morgan fingerprint density at radius 2 is 1.97 bits per heavy atom. The van der Waals surface area contributed by atoms with Gasteiger partial charge in [0.25, 0.3) is 0 Å². The van der Waals surface area contributed by atoms with Gasteiger partial charge in [-0.3, -0.25) is 0 Å². The highest BCUT2D eigenvalue weighted by molar-refractivity contribution is 5.94. The molecule has 1 aromatic carbocycles. The van der Waals surface area contributed by atoms with E-state index in [2.05, 4.69) is 50.9 Å². The number of aromatic nitrogens is 3. The SMILES string of the molecule is Cc1c(C#N)cccc1[C@@H](C)Nc1nnc(C)c2cnc(N3CC4CC(C3)N4)cc12. The van der Waals surface area contributed by atoms with Crippen LogP contribution in [0.4, 0.5) is 11.6 Å². The first kappa shape index (κ1) is 18.8. The van der Waals surface area contributed by atoms with E-state index >= 15 is 0 Å². The highest BCUT2D eigenvalue weighted by atomic mass is 15.3. The number of aryl methyl sites for hydroxylation is 1. The molecule has 2 bridgehead atoms. The number of nitrogens with zero attached hydrogens (tertiary/aromatic N) is 5. The van der Waals surface area contributed by atoms with Gasteiger partial charge in [-0.1, -0.05) is 12.1 Å². The van der Waals surface area contributed by atoms with Gasteiger partial charge in [0.15, 0.2) is 5.82 Å². The summed E-state index contributed by atoms with van der Waals surface area (Å²) in [5.41, 5.74) is 3.64. The standard InChI is InChI=1S/C23H25N7/c1-13-16(9-24)5-4-6-19(13)14(2)26-23-20-8-22(25-10-21(20)15(3)28-29-23)30-11-17-7-18(12-30)27-17/h4-6,8,10,14,17-18,27H,7,11-12H2,1-3H3,(H,26,29)/t14-,17?,18?/m1/s1. The summed E-state index contributed by atoms with van der Waals surface area (Å²) in [6.45, 7) is 8.02. The molecule has 0 saturated carbocycles. The predicted octanol–water partition coefficient (Wildman–Crippen LogP) is 3.24. The van der Waals surface area contributed by atoms with E-state index in [-0.39, 0.29) is 6.04 Å². The normalized spacial score (nSPS) is 21.1. The molecule has 0 amide bonds. The molecule has 0 radical (unpaired) electrons. The number of piperidine rings is 1. The molecular formula is C23H25N7. The molecule has 3 atom stereocenters. The number of hydrogen-bond acceptors (Lipinski definition) is 7. The Kier molecular flexibility index (Phi) is 4.52. The van der Waals surface area contributed by atoms with E-state index in [1.807, 2.05) is 32.2 Å². The molecule has 0 aliphatic carbocycles. The molecule has 2 N–H and O–H groups in total. The second-order valence-electron chi connectivity index (χ2n) is 8.42. The van der Waals surface area contributed by atoms with Gasteiger partial charge in [-0.15, -0.1) is 5.10 Å². The first-order valence-electron chi connectivity index (χ1n) is 10.4. The third-order valence-electron chi connectivity index (χ3n) is 6.40. The summed E-state index contributed by atoms with van der Waals surface area (Å²) in [5, 5.41) is 27.3. The quantitative estimate of drug-likeness (QED) is 0.696. The summed E-state index contributed by atoms with van der Waals surface area (Å²) in [6, 6.07) is 11.4. The van der Waals surface area contributed by atoms with Crippen LogP contribution in [0.5, 0.6) is 0 Å². The number of anilines is 2. The van der Waals surface area contributed by atoms with Crippen molar-refractivity contribution in [2.45, 2.75) is 45.3 Å². The third kappa shape index (κ3) is 3.14. The molecular weight excluding hydrogens is 374 g/mol. The van der Waals surface area contributed by atoms with Crippen molar-refractivity contribution in [2.24, 2.45) is 0 Å². The lowest BCUT2D eigenvalue weighted by Crippen LogP contribution is -2.67. The van der Waals surface area contributed by atoms with E-state index in [4.69, 9.17) is 4.98 Å². The van der Waals surface area contributed by atoms with Crippen LogP contribution in [0.2, 0.25) is 0 Å². The zero-order valence-corrected chi connectivity index (χ0v) is 17.5. The maximum absolute atomic E-state index is 9.35. The van der Waals surface area contributed by atoms with Crippen molar-refractivity contribution in [3.05, 3.63) is 52.8 Å². The smallest absolute Gasteiger partial charge is 0.157 e. The monoisotopic (exact) mass is 399 g/mol. The lowest BCUT2D eigenvalue weighted by molar-refractivity contribution is 0.225. The van der Waals surface area contributed by atoms with Gasteiger partial charge < -0.3 is 15.5 Å². The van der Waals surface area contributed by atoms with Gasteiger partial charge in [0.2, 0.25) is 0 Å². The lowest BCUT2D eigenvalue weighted by Gasteiger charge is -2.48. The van der Waals surface area contributed by atoms with Crippen molar-refractivity contribution in [2.75, 3.05) is 23.3 Å². The summed E-state index contributed by atoms with van der Waals surface area (Å²) >= 11 is 0. The van der Waals surface area contributed by atoms with Gasteiger partial charge in [-0.25, -0.2) is 4.98 Å². The average molecular weight is 400 g/mol. The van der Waals surface area contributed by atoms with Gasteiger partial charge in [0, 0.05) is 42.1 Å². The Hall–Kier alpha value is -3.24. The molecule has 3 saturated heterocycles. The average Bonchev–Trinajstić information content (AvgIpc) is 2.75. The maximum Gasteiger partial charge on any atom is 0.157 e. The van der Waals surface area contributed by atoms with Gasteiger partial charge in [0.1, 0.15) is 5.82 Å². The Balaban J connectivity index is 1.50. The molecule has 3 aliphatic rings. The number of rotatable bonds is 4. The van der Waals surface area contributed by atoms with Crippen LogP contribution in [0.1, 0.15) is 41.8 Å². The Morgan fingerprint density at radius 1 is 1.20 bits per heavy atom. The Morgan fingerprint density at radius 3 is 2.70 bits per heavy atom. The fourth-order valence-electron chi connectivity index (χ4n) is 4.67. The van der Waals surface area contributed by atoms with Crippen LogP contribution in [0.3, 0.4) is 0 Å². The first-order chi connectivity index (χ1) is 14.5. The maximum atomic E-state index is 9.35. The van der Waals surface area contributed by atoms with Crippen molar-refractivity contribution >= 4 is 22.4 Å². The summed E-state index contributed by atoms with van der Waals surface area (Å²) in [5.74, 6) is 1.73. The van der Waals surface area contributed by atoms with Crippen LogP contribution in [0, 0.1) is 25.2 Å². The summed E-state index contributed by atoms with van der Waals surface area (Å²) < 4.78 is 0. The molecule has 6 rings (SSSR count). The minimum absolute atomic E-state index is 0.0121. The largest absolute Gasteiger partial charge is 0.362 e. The van der Waals surface area contributed by atoms with E-state index in [0.29, 0.717) is 17.6 Å². The second-order valence-corrected chi connectivity index (χ2v) is 8.42. The predicted molar refractivity (Wildman–Crippen MR) is 118 cm³/mol. The van der Waals surface area contributed by atoms with E-state index in [1.165, 1.54) is 6.42 Å². The number of pyridine rings is 1. The Bertz CT molecular complexity index is 1150. The van der Waals surface area contributed by atoms with Crippen LogP contribution >= 0.6 is 0 Å². The molecule has 3 aromatic rings. The van der Waals surface area contributed by atoms with Crippen molar-refractivity contribution < 1.29 is 0 Å². The van der Waals surface area contributed by atoms with Crippen LogP contribution in [-0.2, 0) is 0 Å². The van der Waals surface area contributed by atoms with E-state index in [9.17, 15) is 5.26 Å². The number of piperazine rings is 1. The third-order valence-corrected chi connectivity index (χ3v) is 6.40. The lowest BCUT2D eigenvalue weighted by atomic mass is 9.91. The van der Waals surface area contributed by atoms with Crippen molar-refractivity contribution in [1.82, 2.24) is 20.5 Å². The fourth-order valence-corrected chi connectivity index (χ4v) is 4.67. The van der Waals surface area contributed by atoms with Crippen LogP contribution in [0.15, 0.2) is 30.5 Å². The molecule has 152 valence electrons. The van der Waals surface area contributed by atoms with E-state index < -0.39 is 0 Å². The van der Waals surface area contributed by atoms with Crippen LogP contribution in [0.25, 0.3) is 10.8 Å². The minimum Gasteiger partial charge on any atom is -0.362 e. The summed E-state index contributed by atoms with van der Waals surface area (Å²) in [4.78, 5) is 7.09. The number of nitriles is 1. The molecule has 2 unspecified atom stereocenters. The summed E-state index contributed by atoms with van der Waals surface area (Å²) in [7, 11) is 0. The van der Waals surface area contributed by atoms with Gasteiger partial charge in [-0.05, 0) is 50.5 Å².